The first-order valence-electron chi connectivity index (χ1n) is 6.59. The number of ether oxygens (including phenoxy) is 1. The number of morpholine rings is 1. The number of rotatable bonds is 5. The number of carbonyl (C=O) groups excluding carboxylic acids is 1. The lowest BCUT2D eigenvalue weighted by Crippen LogP contribution is -2.38. The van der Waals surface area contributed by atoms with Gasteiger partial charge in [0.1, 0.15) is 0 Å². The first-order chi connectivity index (χ1) is 9.25. The number of nitrogens with one attached hydrogen (secondary N) is 1. The number of nitrogens with zero attached hydrogens (tertiary/aromatic N) is 1. The standard InChI is InChI=1S/C14H19IN2O2/c15-13-4-2-12(3-5-13)14(18)16-6-1-7-17-8-10-19-11-9-17/h2-5H,1,6-11H2,(H,16,18). The summed E-state index contributed by atoms with van der Waals surface area (Å²) >= 11 is 2.23. The predicted octanol–water partition coefficient (Wildman–Crippen LogP) is 1.74. The maximum atomic E-state index is 11.9. The summed E-state index contributed by atoms with van der Waals surface area (Å²) in [6, 6.07) is 7.62. The largest absolute Gasteiger partial charge is 0.379 e. The van der Waals surface area contributed by atoms with Crippen LogP contribution < -0.4 is 5.32 Å². The molecule has 1 saturated heterocycles. The molecular weight excluding hydrogens is 355 g/mol. The number of hydrogen-bond donors (Lipinski definition) is 1. The van der Waals surface area contributed by atoms with Gasteiger partial charge < -0.3 is 10.1 Å². The second-order valence-corrected chi connectivity index (χ2v) is 5.82. The summed E-state index contributed by atoms with van der Waals surface area (Å²) < 4.78 is 6.44. The van der Waals surface area contributed by atoms with E-state index < -0.39 is 0 Å². The van der Waals surface area contributed by atoms with Crippen LogP contribution in [0.4, 0.5) is 0 Å². The molecule has 0 atom stereocenters. The van der Waals surface area contributed by atoms with Crippen molar-refractivity contribution in [2.75, 3.05) is 39.4 Å². The average molecular weight is 374 g/mol. The van der Waals surface area contributed by atoms with Gasteiger partial charge in [-0.25, -0.2) is 0 Å². The fraction of sp³-hybridized carbons (Fsp3) is 0.500. The molecule has 1 aliphatic heterocycles. The Labute approximate surface area is 127 Å². The van der Waals surface area contributed by atoms with Gasteiger partial charge in [0.15, 0.2) is 0 Å². The van der Waals surface area contributed by atoms with Crippen molar-refractivity contribution in [3.8, 4) is 0 Å². The van der Waals surface area contributed by atoms with Crippen LogP contribution >= 0.6 is 22.6 Å². The van der Waals surface area contributed by atoms with Crippen molar-refractivity contribution in [2.45, 2.75) is 6.42 Å². The molecule has 104 valence electrons. The summed E-state index contributed by atoms with van der Waals surface area (Å²) in [6.45, 7) is 5.42. The Balaban J connectivity index is 1.64. The molecule has 0 radical (unpaired) electrons. The first-order valence-corrected chi connectivity index (χ1v) is 7.67. The summed E-state index contributed by atoms with van der Waals surface area (Å²) in [4.78, 5) is 14.2. The maximum absolute atomic E-state index is 11.9. The van der Waals surface area contributed by atoms with E-state index in [1.165, 1.54) is 0 Å². The zero-order valence-corrected chi connectivity index (χ0v) is 13.1. The molecule has 1 aromatic carbocycles. The molecule has 1 fully saturated rings. The zero-order chi connectivity index (χ0) is 13.5. The quantitative estimate of drug-likeness (QED) is 0.631. The van der Waals surface area contributed by atoms with E-state index in [1.54, 1.807) is 0 Å². The van der Waals surface area contributed by atoms with Gasteiger partial charge in [-0.1, -0.05) is 0 Å². The summed E-state index contributed by atoms with van der Waals surface area (Å²) in [7, 11) is 0. The Morgan fingerprint density at radius 2 is 1.95 bits per heavy atom. The van der Waals surface area contributed by atoms with E-state index in [1.807, 2.05) is 24.3 Å². The average Bonchev–Trinajstić information content (AvgIpc) is 2.45. The minimum Gasteiger partial charge on any atom is -0.379 e. The molecule has 2 rings (SSSR count). The number of carbonyl (C=O) groups is 1. The van der Waals surface area contributed by atoms with Crippen molar-refractivity contribution in [3.05, 3.63) is 33.4 Å². The topological polar surface area (TPSA) is 41.6 Å². The molecule has 1 N–H and O–H groups in total. The van der Waals surface area contributed by atoms with E-state index in [0.29, 0.717) is 0 Å². The van der Waals surface area contributed by atoms with E-state index in [9.17, 15) is 4.79 Å². The molecule has 1 amide bonds. The molecule has 0 unspecified atom stereocenters. The van der Waals surface area contributed by atoms with Crippen LogP contribution in [0.1, 0.15) is 16.8 Å². The zero-order valence-electron chi connectivity index (χ0n) is 10.9. The third-order valence-corrected chi connectivity index (χ3v) is 3.87. The van der Waals surface area contributed by atoms with Gasteiger partial charge in [0, 0.05) is 28.8 Å². The number of halogens is 1. The fourth-order valence-corrected chi connectivity index (χ4v) is 2.39. The van der Waals surface area contributed by atoms with Crippen LogP contribution in [0, 0.1) is 3.57 Å². The van der Waals surface area contributed by atoms with Crippen molar-refractivity contribution in [1.29, 1.82) is 0 Å². The van der Waals surface area contributed by atoms with Crippen LogP contribution in [0.5, 0.6) is 0 Å². The molecule has 0 bridgehead atoms. The van der Waals surface area contributed by atoms with Gasteiger partial charge in [0.2, 0.25) is 0 Å². The molecule has 1 aromatic rings. The third-order valence-electron chi connectivity index (χ3n) is 3.15. The van der Waals surface area contributed by atoms with Crippen molar-refractivity contribution >= 4 is 28.5 Å². The van der Waals surface area contributed by atoms with Crippen LogP contribution in [0.15, 0.2) is 24.3 Å². The van der Waals surface area contributed by atoms with Crippen LogP contribution in [0.25, 0.3) is 0 Å². The van der Waals surface area contributed by atoms with Gasteiger partial charge in [0.05, 0.1) is 13.2 Å². The molecule has 0 spiro atoms. The Hall–Kier alpha value is -0.660. The molecule has 0 aliphatic carbocycles. The SMILES string of the molecule is O=C(NCCCN1CCOCC1)c1ccc(I)cc1. The van der Waals surface area contributed by atoms with Crippen molar-refractivity contribution in [2.24, 2.45) is 0 Å². The Morgan fingerprint density at radius 1 is 1.26 bits per heavy atom. The molecule has 4 nitrogen and oxygen atoms in total. The smallest absolute Gasteiger partial charge is 0.251 e. The van der Waals surface area contributed by atoms with Crippen LogP contribution in [-0.2, 0) is 4.74 Å². The van der Waals surface area contributed by atoms with Crippen molar-refractivity contribution in [3.63, 3.8) is 0 Å². The molecule has 1 aliphatic rings. The first kappa shape index (κ1) is 14.7. The summed E-state index contributed by atoms with van der Waals surface area (Å²) in [5.74, 6) is 0.0124. The number of amides is 1. The second-order valence-electron chi connectivity index (χ2n) is 4.57. The van der Waals surface area contributed by atoms with Crippen molar-refractivity contribution < 1.29 is 9.53 Å². The van der Waals surface area contributed by atoms with Gasteiger partial charge in [-0.05, 0) is 59.8 Å². The van der Waals surface area contributed by atoms with Gasteiger partial charge in [-0.15, -0.1) is 0 Å². The van der Waals surface area contributed by atoms with Gasteiger partial charge in [0.25, 0.3) is 5.91 Å². The lowest BCUT2D eigenvalue weighted by Gasteiger charge is -2.26. The lowest BCUT2D eigenvalue weighted by molar-refractivity contribution is 0.0374. The van der Waals surface area contributed by atoms with Crippen LogP contribution in [0.3, 0.4) is 0 Å². The molecule has 1 heterocycles. The van der Waals surface area contributed by atoms with Crippen LogP contribution in [-0.4, -0.2) is 50.2 Å². The molecule has 5 heteroatoms. The van der Waals surface area contributed by atoms with Gasteiger partial charge in [-0.3, -0.25) is 9.69 Å². The van der Waals surface area contributed by atoms with E-state index in [2.05, 4.69) is 32.8 Å². The van der Waals surface area contributed by atoms with Gasteiger partial charge in [-0.2, -0.15) is 0 Å². The Morgan fingerprint density at radius 3 is 2.63 bits per heavy atom. The number of hydrogen-bond acceptors (Lipinski definition) is 3. The predicted molar refractivity (Wildman–Crippen MR) is 83.4 cm³/mol. The highest BCUT2D eigenvalue weighted by molar-refractivity contribution is 14.1. The van der Waals surface area contributed by atoms with E-state index in [-0.39, 0.29) is 5.91 Å². The summed E-state index contributed by atoms with van der Waals surface area (Å²) in [6.07, 6.45) is 0.982. The van der Waals surface area contributed by atoms with Gasteiger partial charge >= 0.3 is 0 Å². The van der Waals surface area contributed by atoms with Crippen molar-refractivity contribution in [1.82, 2.24) is 10.2 Å². The normalized spacial score (nSPS) is 16.3. The van der Waals surface area contributed by atoms with Crippen LogP contribution in [0.2, 0.25) is 0 Å². The lowest BCUT2D eigenvalue weighted by atomic mass is 10.2. The third kappa shape index (κ3) is 5.08. The fourth-order valence-electron chi connectivity index (χ4n) is 2.03. The Kier molecular flexibility index (Phi) is 6.06. The Bertz CT molecular complexity index is 402. The second kappa shape index (κ2) is 7.81. The minimum absolute atomic E-state index is 0.0124. The van der Waals surface area contributed by atoms with E-state index >= 15 is 0 Å². The highest BCUT2D eigenvalue weighted by Gasteiger charge is 2.09. The maximum Gasteiger partial charge on any atom is 0.251 e. The minimum atomic E-state index is 0.0124. The molecule has 19 heavy (non-hydrogen) atoms. The summed E-state index contributed by atoms with van der Waals surface area (Å²) in [5.41, 5.74) is 0.729. The van der Waals surface area contributed by atoms with E-state index in [0.717, 1.165) is 54.9 Å². The molecule has 0 aromatic heterocycles. The highest BCUT2D eigenvalue weighted by atomic mass is 127. The van der Waals surface area contributed by atoms with E-state index in [4.69, 9.17) is 4.74 Å². The highest BCUT2D eigenvalue weighted by Crippen LogP contribution is 2.06. The summed E-state index contributed by atoms with van der Waals surface area (Å²) in [5, 5.41) is 2.96. The molecular formula is C14H19IN2O2. The number of benzene rings is 1. The molecule has 0 saturated carbocycles. The monoisotopic (exact) mass is 374 g/mol.